The van der Waals surface area contributed by atoms with Crippen molar-refractivity contribution >= 4 is 17.7 Å². The average Bonchev–Trinajstić information content (AvgIpc) is 2.39. The van der Waals surface area contributed by atoms with Crippen LogP contribution in [0.15, 0.2) is 48.5 Å². The van der Waals surface area contributed by atoms with E-state index in [1.54, 1.807) is 7.11 Å². The summed E-state index contributed by atoms with van der Waals surface area (Å²) in [6.07, 6.45) is 0.279. The number of carbonyl (C=O) groups excluding carboxylic acids is 1. The smallest absolute Gasteiger partial charge is 0.190 e. The summed E-state index contributed by atoms with van der Waals surface area (Å²) in [6, 6.07) is 15.9. The Bertz CT molecular complexity index is 550. The van der Waals surface area contributed by atoms with Gasteiger partial charge in [-0.2, -0.15) is 0 Å². The first-order valence-electron chi connectivity index (χ1n) is 5.65. The van der Waals surface area contributed by atoms with E-state index in [0.717, 1.165) is 22.4 Å². The van der Waals surface area contributed by atoms with E-state index in [0.29, 0.717) is 0 Å². The lowest BCUT2D eigenvalue weighted by atomic mass is 10.0. The van der Waals surface area contributed by atoms with Gasteiger partial charge in [-0.05, 0) is 17.2 Å². The molecule has 0 radical (unpaired) electrons. The molecule has 0 bridgehead atoms. The molecule has 2 aromatic carbocycles. The third-order valence-electron chi connectivity index (χ3n) is 2.74. The van der Waals surface area contributed by atoms with Crippen LogP contribution in [0.4, 0.5) is 0 Å². The van der Waals surface area contributed by atoms with Crippen LogP contribution >= 0.6 is 12.6 Å². The van der Waals surface area contributed by atoms with Gasteiger partial charge in [0.25, 0.3) is 0 Å². The van der Waals surface area contributed by atoms with Crippen LogP contribution < -0.4 is 4.74 Å². The fraction of sp³-hybridized carbons (Fsp3) is 0.133. The molecular weight excluding hydrogens is 244 g/mol. The summed E-state index contributed by atoms with van der Waals surface area (Å²) in [5.41, 5.74) is 3.06. The van der Waals surface area contributed by atoms with E-state index >= 15 is 0 Å². The van der Waals surface area contributed by atoms with Gasteiger partial charge in [-0.25, -0.2) is 0 Å². The number of ether oxygens (including phenoxy) is 1. The minimum atomic E-state index is -0.166. The molecule has 0 aliphatic carbocycles. The lowest BCUT2D eigenvalue weighted by Gasteiger charge is -2.09. The van der Waals surface area contributed by atoms with Gasteiger partial charge in [-0.1, -0.05) is 42.5 Å². The molecule has 0 heterocycles. The molecule has 0 atom stereocenters. The largest absolute Gasteiger partial charge is 0.496 e. The molecule has 3 heteroatoms. The van der Waals surface area contributed by atoms with Gasteiger partial charge >= 0.3 is 0 Å². The summed E-state index contributed by atoms with van der Waals surface area (Å²) < 4.78 is 5.32. The molecule has 92 valence electrons. The standard InChI is InChI=1S/C15H14O2S/c1-17-14-9-12(11-5-3-2-4-6-11)7-8-13(14)10-15(16)18/h2-9H,10H2,1H3,(H,16,18). The van der Waals surface area contributed by atoms with Crippen molar-refractivity contribution in [2.24, 2.45) is 0 Å². The summed E-state index contributed by atoms with van der Waals surface area (Å²) >= 11 is 3.80. The van der Waals surface area contributed by atoms with Crippen LogP contribution in [0.1, 0.15) is 5.56 Å². The Kier molecular flexibility index (Phi) is 4.05. The van der Waals surface area contributed by atoms with E-state index in [1.165, 1.54) is 0 Å². The molecule has 0 spiro atoms. The van der Waals surface area contributed by atoms with Crippen molar-refractivity contribution in [1.29, 1.82) is 0 Å². The Morgan fingerprint density at radius 1 is 1.11 bits per heavy atom. The summed E-state index contributed by atoms with van der Waals surface area (Å²) in [7, 11) is 1.61. The van der Waals surface area contributed by atoms with E-state index in [4.69, 9.17) is 4.74 Å². The number of carbonyl (C=O) groups is 1. The second kappa shape index (κ2) is 5.74. The number of methoxy groups -OCH3 is 1. The van der Waals surface area contributed by atoms with Crippen molar-refractivity contribution in [3.8, 4) is 16.9 Å². The number of hydrogen-bond donors (Lipinski definition) is 1. The summed E-state index contributed by atoms with van der Waals surface area (Å²) in [5, 5.41) is -0.166. The predicted molar refractivity (Wildman–Crippen MR) is 76.1 cm³/mol. The normalized spacial score (nSPS) is 10.1. The van der Waals surface area contributed by atoms with Crippen molar-refractivity contribution in [3.05, 3.63) is 54.1 Å². The number of hydrogen-bond acceptors (Lipinski definition) is 2. The highest BCUT2D eigenvalue weighted by Crippen LogP contribution is 2.27. The van der Waals surface area contributed by atoms with Gasteiger partial charge in [-0.3, -0.25) is 4.79 Å². The van der Waals surface area contributed by atoms with Crippen LogP contribution in [-0.2, 0) is 11.2 Å². The number of rotatable bonds is 4. The fourth-order valence-corrected chi connectivity index (χ4v) is 2.03. The SMILES string of the molecule is COc1cc(-c2ccccc2)ccc1CC(=O)S. The van der Waals surface area contributed by atoms with Gasteiger partial charge in [0.15, 0.2) is 5.12 Å². The van der Waals surface area contributed by atoms with Crippen LogP contribution in [0.25, 0.3) is 11.1 Å². The molecular formula is C15H14O2S. The average molecular weight is 258 g/mol. The number of benzene rings is 2. The van der Waals surface area contributed by atoms with E-state index in [-0.39, 0.29) is 11.5 Å². The molecule has 0 saturated carbocycles. The molecule has 0 aliphatic rings. The van der Waals surface area contributed by atoms with Gasteiger partial charge in [0.1, 0.15) is 5.75 Å². The quantitative estimate of drug-likeness (QED) is 0.851. The lowest BCUT2D eigenvalue weighted by Crippen LogP contribution is -1.97. The highest BCUT2D eigenvalue weighted by atomic mass is 32.1. The van der Waals surface area contributed by atoms with Crippen molar-refractivity contribution in [2.75, 3.05) is 7.11 Å². The molecule has 0 N–H and O–H groups in total. The second-order valence-corrected chi connectivity index (χ2v) is 4.46. The van der Waals surface area contributed by atoms with E-state index in [9.17, 15) is 4.79 Å². The van der Waals surface area contributed by atoms with Gasteiger partial charge in [-0.15, -0.1) is 12.6 Å². The maximum Gasteiger partial charge on any atom is 0.190 e. The third kappa shape index (κ3) is 2.93. The Hall–Kier alpha value is -1.74. The summed E-state index contributed by atoms with van der Waals surface area (Å²) in [5.74, 6) is 0.721. The first-order chi connectivity index (χ1) is 8.70. The molecule has 0 saturated heterocycles. The molecule has 0 amide bonds. The molecule has 0 fully saturated rings. The molecule has 0 aliphatic heterocycles. The molecule has 18 heavy (non-hydrogen) atoms. The maximum absolute atomic E-state index is 11.0. The Balaban J connectivity index is 2.39. The van der Waals surface area contributed by atoms with E-state index in [2.05, 4.69) is 12.6 Å². The second-order valence-electron chi connectivity index (χ2n) is 3.96. The van der Waals surface area contributed by atoms with Crippen LogP contribution in [0, 0.1) is 0 Å². The van der Waals surface area contributed by atoms with Crippen molar-refractivity contribution < 1.29 is 9.53 Å². The maximum atomic E-state index is 11.0. The van der Waals surface area contributed by atoms with E-state index < -0.39 is 0 Å². The zero-order valence-electron chi connectivity index (χ0n) is 10.1. The summed E-state index contributed by atoms with van der Waals surface area (Å²) in [4.78, 5) is 11.0. The molecule has 2 nitrogen and oxygen atoms in total. The first-order valence-corrected chi connectivity index (χ1v) is 6.09. The fourth-order valence-electron chi connectivity index (χ4n) is 1.86. The predicted octanol–water partition coefficient (Wildman–Crippen LogP) is 3.36. The minimum Gasteiger partial charge on any atom is -0.496 e. The monoisotopic (exact) mass is 258 g/mol. The molecule has 0 aromatic heterocycles. The highest BCUT2D eigenvalue weighted by molar-refractivity contribution is 7.96. The van der Waals surface area contributed by atoms with E-state index in [1.807, 2.05) is 48.5 Å². The van der Waals surface area contributed by atoms with Gasteiger partial charge < -0.3 is 4.74 Å². The highest BCUT2D eigenvalue weighted by Gasteiger charge is 2.08. The van der Waals surface area contributed by atoms with Crippen molar-refractivity contribution in [1.82, 2.24) is 0 Å². The molecule has 2 aromatic rings. The first kappa shape index (κ1) is 12.7. The topological polar surface area (TPSA) is 26.3 Å². The van der Waals surface area contributed by atoms with Crippen molar-refractivity contribution in [3.63, 3.8) is 0 Å². The van der Waals surface area contributed by atoms with Gasteiger partial charge in [0, 0.05) is 12.0 Å². The van der Waals surface area contributed by atoms with Crippen LogP contribution in [0.5, 0.6) is 5.75 Å². The molecule has 2 rings (SSSR count). The van der Waals surface area contributed by atoms with Crippen molar-refractivity contribution in [2.45, 2.75) is 6.42 Å². The Labute approximate surface area is 112 Å². The Morgan fingerprint density at radius 3 is 2.44 bits per heavy atom. The lowest BCUT2D eigenvalue weighted by molar-refractivity contribution is -0.110. The van der Waals surface area contributed by atoms with Crippen LogP contribution in [-0.4, -0.2) is 12.2 Å². The Morgan fingerprint density at radius 2 is 1.83 bits per heavy atom. The van der Waals surface area contributed by atoms with Gasteiger partial charge in [0.2, 0.25) is 0 Å². The number of thiol groups is 1. The minimum absolute atomic E-state index is 0.166. The zero-order chi connectivity index (χ0) is 13.0. The third-order valence-corrected chi connectivity index (χ3v) is 2.89. The zero-order valence-corrected chi connectivity index (χ0v) is 11.0. The molecule has 0 unspecified atom stereocenters. The van der Waals surface area contributed by atoms with Crippen LogP contribution in [0.2, 0.25) is 0 Å². The van der Waals surface area contributed by atoms with Crippen LogP contribution in [0.3, 0.4) is 0 Å². The summed E-state index contributed by atoms with van der Waals surface area (Å²) in [6.45, 7) is 0. The van der Waals surface area contributed by atoms with Gasteiger partial charge in [0.05, 0.1) is 7.11 Å².